The fourth-order valence-electron chi connectivity index (χ4n) is 9.89. The van der Waals surface area contributed by atoms with Crippen molar-refractivity contribution in [3.05, 3.63) is 184 Å². The zero-order valence-corrected chi connectivity index (χ0v) is 43.2. The Morgan fingerprint density at radius 2 is 1.06 bits per heavy atom. The van der Waals surface area contributed by atoms with Crippen LogP contribution in [0.1, 0.15) is 68.2 Å². The fraction of sp³-hybridized carbons (Fsp3) is 0.339. The Balaban J connectivity index is 1.46. The fourth-order valence-corrected chi connectivity index (χ4v) is 15.7. The number of rotatable bonds is 25. The van der Waals surface area contributed by atoms with Crippen molar-refractivity contribution >= 4 is 34.8 Å². The zero-order chi connectivity index (χ0) is 46.7. The van der Waals surface area contributed by atoms with E-state index in [1.165, 1.54) is 71.3 Å². The zero-order valence-electron chi connectivity index (χ0n) is 39.8. The van der Waals surface area contributed by atoms with Crippen molar-refractivity contribution in [1.29, 1.82) is 0 Å². The Labute approximate surface area is 410 Å². The minimum atomic E-state index is -2.54. The van der Waals surface area contributed by atoms with Gasteiger partial charge in [-0.1, -0.05) is 0 Å². The summed E-state index contributed by atoms with van der Waals surface area (Å²) >= 11 is 1.85. The summed E-state index contributed by atoms with van der Waals surface area (Å²) in [6.45, 7) is 9.69. The van der Waals surface area contributed by atoms with E-state index in [2.05, 4.69) is 170 Å². The van der Waals surface area contributed by atoms with Crippen LogP contribution in [0.4, 0.5) is 0 Å². The molecule has 2 aliphatic carbocycles. The molecule has 67 heavy (non-hydrogen) atoms. The molecular weight excluding hydrogens is 1030 g/mol. The Morgan fingerprint density at radius 3 is 1.55 bits per heavy atom. The summed E-state index contributed by atoms with van der Waals surface area (Å²) in [6, 6.07) is 47.9. The Kier molecular flexibility index (Phi) is 19.5. The molecule has 7 rings (SSSR count). The van der Waals surface area contributed by atoms with Crippen LogP contribution in [0.15, 0.2) is 162 Å². The molecule has 1 saturated carbocycles. The van der Waals surface area contributed by atoms with Gasteiger partial charge in [0.15, 0.2) is 0 Å². The second-order valence-corrected chi connectivity index (χ2v) is 20.9. The third kappa shape index (κ3) is 11.8. The van der Waals surface area contributed by atoms with E-state index < -0.39 is 12.7 Å². The van der Waals surface area contributed by atoms with E-state index in [1.807, 2.05) is 17.9 Å². The average molecular weight is 1090 g/mol. The topological polar surface area (TPSA) is 55.4 Å². The van der Waals surface area contributed by atoms with Crippen LogP contribution in [-0.4, -0.2) is 80.3 Å². The summed E-state index contributed by atoms with van der Waals surface area (Å²) in [4.78, 5) is 0. The van der Waals surface area contributed by atoms with Crippen LogP contribution < -0.4 is 15.9 Å². The van der Waals surface area contributed by atoms with E-state index in [0.29, 0.717) is 66.1 Å². The molecule has 0 spiro atoms. The predicted octanol–water partition coefficient (Wildman–Crippen LogP) is 11.4. The molecule has 0 N–H and O–H groups in total. The molecule has 5 aromatic rings. The van der Waals surface area contributed by atoms with Crippen LogP contribution >= 0.6 is 7.26 Å². The van der Waals surface area contributed by atoms with E-state index in [-0.39, 0.29) is 0 Å². The molecule has 8 heteroatoms. The number of allylic oxidation sites excluding steroid dienone is 7. The van der Waals surface area contributed by atoms with Crippen molar-refractivity contribution in [1.82, 2.24) is 0 Å². The number of ether oxygens (including phenoxy) is 6. The number of benzene rings is 5. The van der Waals surface area contributed by atoms with Gasteiger partial charge >= 0.3 is 346 Å². The van der Waals surface area contributed by atoms with Crippen LogP contribution in [0.5, 0.6) is 0 Å². The second-order valence-electron chi connectivity index (χ2n) is 16.9. The molecule has 0 amide bonds. The molecule has 1 fully saturated rings. The number of hydrogen-bond acceptors (Lipinski definition) is 6. The van der Waals surface area contributed by atoms with E-state index in [9.17, 15) is 0 Å². The van der Waals surface area contributed by atoms with Gasteiger partial charge in [-0.25, -0.2) is 0 Å². The summed E-state index contributed by atoms with van der Waals surface area (Å²) in [5.74, 6) is 0. The first kappa shape index (κ1) is 50.5. The van der Waals surface area contributed by atoms with Crippen LogP contribution in [0.25, 0.3) is 22.8 Å². The molecule has 0 bridgehead atoms. The Bertz CT molecular complexity index is 2410. The minimum absolute atomic E-state index is 0.405. The molecule has 0 heterocycles. The third-order valence-electron chi connectivity index (χ3n) is 13.1. The average Bonchev–Trinajstić information content (AvgIpc) is 3.94. The SMILES string of the molecule is CC=C1CCCC1=CC(=C([C]#[Os])[P+](c1ccccc1)(c1ccccc1)c1ccccc1)c1ccc2c(c1)C(CCOCCOCCOC)(CCOCCOCCOC)c1cc(/C=C/C)ccc1-2. The van der Waals surface area contributed by atoms with E-state index in [4.69, 9.17) is 28.4 Å². The molecule has 6 nitrogen and oxygen atoms in total. The first-order valence-electron chi connectivity index (χ1n) is 23.8. The van der Waals surface area contributed by atoms with Gasteiger partial charge in [0.2, 0.25) is 0 Å². The second kappa shape index (κ2) is 25.9. The van der Waals surface area contributed by atoms with Crippen molar-refractivity contribution in [2.45, 2.75) is 51.4 Å². The van der Waals surface area contributed by atoms with Gasteiger partial charge in [-0.05, 0) is 6.92 Å². The van der Waals surface area contributed by atoms with Crippen molar-refractivity contribution in [3.8, 4) is 15.5 Å². The van der Waals surface area contributed by atoms with Crippen LogP contribution in [0, 0.1) is 4.37 Å². The number of methoxy groups -OCH3 is 2. The third-order valence-corrected chi connectivity index (χ3v) is 18.5. The molecule has 0 aromatic heterocycles. The van der Waals surface area contributed by atoms with Gasteiger partial charge in [0.05, 0.1) is 26.4 Å². The van der Waals surface area contributed by atoms with E-state index >= 15 is 0 Å². The summed E-state index contributed by atoms with van der Waals surface area (Å²) < 4.78 is 38.9. The number of hydrogen-bond donors (Lipinski definition) is 0. The quantitative estimate of drug-likeness (QED) is 0.0429. The van der Waals surface area contributed by atoms with Gasteiger partial charge in [-0.15, -0.1) is 0 Å². The van der Waals surface area contributed by atoms with Crippen LogP contribution in [0.3, 0.4) is 0 Å². The predicted molar refractivity (Wildman–Crippen MR) is 275 cm³/mol. The molecular formula is C59H67O6OsP+. The van der Waals surface area contributed by atoms with Crippen LogP contribution in [0.2, 0.25) is 0 Å². The number of fused-ring (bicyclic) bond motifs is 3. The van der Waals surface area contributed by atoms with Gasteiger partial charge in [0, 0.05) is 14.2 Å². The van der Waals surface area contributed by atoms with Crippen molar-refractivity contribution in [2.24, 2.45) is 0 Å². The molecule has 5 aromatic carbocycles. The van der Waals surface area contributed by atoms with Crippen molar-refractivity contribution in [3.63, 3.8) is 0 Å². The van der Waals surface area contributed by atoms with Crippen molar-refractivity contribution < 1.29 is 46.4 Å². The van der Waals surface area contributed by atoms with E-state index in [0.717, 1.165) is 32.1 Å². The summed E-state index contributed by atoms with van der Waals surface area (Å²) in [5, 5.41) is 5.16. The maximum atomic E-state index is 6.45. The van der Waals surface area contributed by atoms with Crippen molar-refractivity contribution in [2.75, 3.05) is 80.3 Å². The Hall–Kier alpha value is -4.33. The molecule has 0 aliphatic heterocycles. The molecule has 2 aliphatic rings. The van der Waals surface area contributed by atoms with Gasteiger partial charge < -0.3 is 18.9 Å². The first-order valence-corrected chi connectivity index (χ1v) is 26.8. The summed E-state index contributed by atoms with van der Waals surface area (Å²) in [7, 11) is 0.846. The first-order chi connectivity index (χ1) is 33.0. The maximum absolute atomic E-state index is 6.45. The van der Waals surface area contributed by atoms with E-state index in [1.54, 1.807) is 14.2 Å². The molecule has 0 saturated heterocycles. The van der Waals surface area contributed by atoms with Gasteiger partial charge in [0.1, 0.15) is 0 Å². The van der Waals surface area contributed by atoms with Crippen LogP contribution in [-0.2, 0) is 51.8 Å². The standard InChI is InChI=1S/C59H67O6P.Os/c1-6-18-47-27-29-54-55-30-28-50(45-58(55)59(57(54)43-47,31-33-62-39-41-64-37-35-60-4)32-34-63-40-42-65-38-36-61-5)56(44-49-20-17-19-48(49)7-2)46(3)66(51-21-11-8-12-22-51,52-23-13-9-14-24-52)53-25-15-10-16-26-53;/h6-16,18,21-30,43-45H,17,19-20,31-42H2,1-2,4-5H3;/q+1;/b18-6+,48-7?,49-44?,56-46?;. The summed E-state index contributed by atoms with van der Waals surface area (Å²) in [6.07, 6.45) is 14.0. The molecule has 0 radical (unpaired) electrons. The Morgan fingerprint density at radius 1 is 0.582 bits per heavy atom. The normalized spacial score (nSPS) is 15.8. The molecule has 0 atom stereocenters. The molecule has 0 unspecified atom stereocenters. The van der Waals surface area contributed by atoms with Gasteiger partial charge in [-0.2, -0.15) is 0 Å². The molecule has 351 valence electrons. The summed E-state index contributed by atoms with van der Waals surface area (Å²) in [5.41, 5.74) is 11.2. The van der Waals surface area contributed by atoms with Gasteiger partial charge in [-0.3, -0.25) is 0 Å². The monoisotopic (exact) mass is 1090 g/mol. The van der Waals surface area contributed by atoms with Gasteiger partial charge in [0.25, 0.3) is 0 Å².